The van der Waals surface area contributed by atoms with Crippen LogP contribution in [0, 0.1) is 0 Å². The van der Waals surface area contributed by atoms with Gasteiger partial charge in [-0.3, -0.25) is 4.79 Å². The Morgan fingerprint density at radius 1 is 1.15 bits per heavy atom. The van der Waals surface area contributed by atoms with Crippen molar-refractivity contribution in [3.8, 4) is 28.7 Å². The number of ketones is 1. The third-order valence-electron chi connectivity index (χ3n) is 4.34. The van der Waals surface area contributed by atoms with Crippen LogP contribution in [0.2, 0.25) is 0 Å². The molecule has 0 aromatic heterocycles. The number of hydrogen-bond donors (Lipinski definition) is 4. The molecule has 0 saturated carbocycles. The molecular formula is C20H20O6. The van der Waals surface area contributed by atoms with Gasteiger partial charge in [-0.05, 0) is 26.3 Å². The van der Waals surface area contributed by atoms with Crippen molar-refractivity contribution < 1.29 is 30.0 Å². The van der Waals surface area contributed by atoms with Gasteiger partial charge in [0.25, 0.3) is 0 Å². The molecule has 0 spiro atoms. The highest BCUT2D eigenvalue weighted by Gasteiger charge is 2.32. The van der Waals surface area contributed by atoms with Gasteiger partial charge in [-0.1, -0.05) is 17.7 Å². The number of allylic oxidation sites excluding steroid dienone is 2. The Hall–Kier alpha value is -3.15. The fraction of sp³-hybridized carbons (Fsp3) is 0.250. The molecule has 0 aliphatic carbocycles. The molecule has 136 valence electrons. The van der Waals surface area contributed by atoms with Crippen LogP contribution in [0.5, 0.6) is 28.7 Å². The van der Waals surface area contributed by atoms with E-state index in [1.807, 2.05) is 19.9 Å². The van der Waals surface area contributed by atoms with Crippen LogP contribution in [-0.4, -0.2) is 26.2 Å². The van der Waals surface area contributed by atoms with E-state index in [-0.39, 0.29) is 46.5 Å². The van der Waals surface area contributed by atoms with Gasteiger partial charge >= 0.3 is 0 Å². The van der Waals surface area contributed by atoms with E-state index in [0.29, 0.717) is 17.5 Å². The van der Waals surface area contributed by atoms with Gasteiger partial charge in [-0.15, -0.1) is 0 Å². The van der Waals surface area contributed by atoms with E-state index >= 15 is 0 Å². The van der Waals surface area contributed by atoms with Gasteiger partial charge in [-0.25, -0.2) is 0 Å². The Morgan fingerprint density at radius 3 is 2.58 bits per heavy atom. The smallest absolute Gasteiger partial charge is 0.174 e. The molecule has 1 heterocycles. The van der Waals surface area contributed by atoms with Gasteiger partial charge < -0.3 is 25.2 Å². The third-order valence-corrected chi connectivity index (χ3v) is 4.34. The van der Waals surface area contributed by atoms with E-state index in [9.17, 15) is 25.2 Å². The van der Waals surface area contributed by atoms with Crippen LogP contribution in [0.25, 0.3) is 0 Å². The number of phenolic OH excluding ortho intramolecular Hbond substituents is 4. The fourth-order valence-electron chi connectivity index (χ4n) is 3.06. The summed E-state index contributed by atoms with van der Waals surface area (Å²) < 4.78 is 5.84. The maximum atomic E-state index is 12.5. The van der Waals surface area contributed by atoms with Crippen LogP contribution in [0.3, 0.4) is 0 Å². The number of ether oxygens (including phenoxy) is 1. The molecule has 0 fully saturated rings. The van der Waals surface area contributed by atoms with E-state index in [1.54, 1.807) is 6.07 Å². The summed E-state index contributed by atoms with van der Waals surface area (Å²) in [6.07, 6.45) is 1.53. The largest absolute Gasteiger partial charge is 0.508 e. The standard InChI is InChI=1S/C20H20O6/c1-10(2)3-4-13-12(5-6-14(22)20(13)25)17-9-16(24)19-15(23)7-11(21)8-18(19)26-17/h3,5-8,17,21-23,25H,4,9H2,1-2H3/t17-/m0/s1. The topological polar surface area (TPSA) is 107 Å². The van der Waals surface area contributed by atoms with Gasteiger partial charge in [0, 0.05) is 23.3 Å². The zero-order valence-electron chi connectivity index (χ0n) is 14.5. The number of benzene rings is 2. The van der Waals surface area contributed by atoms with Crippen LogP contribution < -0.4 is 4.74 Å². The van der Waals surface area contributed by atoms with Gasteiger partial charge in [-0.2, -0.15) is 0 Å². The zero-order chi connectivity index (χ0) is 19.0. The molecule has 26 heavy (non-hydrogen) atoms. The average molecular weight is 356 g/mol. The number of carbonyl (C=O) groups is 1. The van der Waals surface area contributed by atoms with Crippen molar-refractivity contribution in [2.75, 3.05) is 0 Å². The Labute approximate surface area is 150 Å². The van der Waals surface area contributed by atoms with E-state index < -0.39 is 6.10 Å². The maximum Gasteiger partial charge on any atom is 0.174 e. The monoisotopic (exact) mass is 356 g/mol. The van der Waals surface area contributed by atoms with Crippen molar-refractivity contribution in [2.24, 2.45) is 0 Å². The summed E-state index contributed by atoms with van der Waals surface area (Å²) in [5.74, 6) is -1.28. The highest BCUT2D eigenvalue weighted by Crippen LogP contribution is 2.44. The number of hydrogen-bond acceptors (Lipinski definition) is 6. The summed E-state index contributed by atoms with van der Waals surface area (Å²) in [6, 6.07) is 5.32. The molecule has 0 unspecified atom stereocenters. The van der Waals surface area contributed by atoms with Crippen molar-refractivity contribution in [1.82, 2.24) is 0 Å². The minimum Gasteiger partial charge on any atom is -0.508 e. The second-order valence-electron chi connectivity index (χ2n) is 6.56. The Balaban J connectivity index is 2.06. The summed E-state index contributed by atoms with van der Waals surface area (Å²) in [4.78, 5) is 12.5. The molecule has 0 bridgehead atoms. The lowest BCUT2D eigenvalue weighted by Crippen LogP contribution is -2.21. The number of fused-ring (bicyclic) bond motifs is 1. The summed E-state index contributed by atoms with van der Waals surface area (Å²) in [5, 5.41) is 39.7. The quantitative estimate of drug-likeness (QED) is 0.493. The second-order valence-corrected chi connectivity index (χ2v) is 6.56. The van der Waals surface area contributed by atoms with Crippen LogP contribution in [-0.2, 0) is 6.42 Å². The molecule has 6 nitrogen and oxygen atoms in total. The molecule has 6 heteroatoms. The Kier molecular flexibility index (Phi) is 4.50. The normalized spacial score (nSPS) is 15.9. The first-order valence-corrected chi connectivity index (χ1v) is 8.20. The molecule has 1 aliphatic heterocycles. The summed E-state index contributed by atoms with van der Waals surface area (Å²) in [7, 11) is 0. The molecule has 1 atom stereocenters. The second kappa shape index (κ2) is 6.63. The third kappa shape index (κ3) is 3.18. The minimum atomic E-state index is -0.705. The Bertz CT molecular complexity index is 909. The first kappa shape index (κ1) is 17.7. The van der Waals surface area contributed by atoms with Crippen molar-refractivity contribution in [2.45, 2.75) is 32.8 Å². The minimum absolute atomic E-state index is 0.0304. The highest BCUT2D eigenvalue weighted by molar-refractivity contribution is 6.02. The van der Waals surface area contributed by atoms with Crippen LogP contribution in [0.4, 0.5) is 0 Å². The van der Waals surface area contributed by atoms with E-state index in [2.05, 4.69) is 0 Å². The lowest BCUT2D eigenvalue weighted by molar-refractivity contribution is 0.0843. The zero-order valence-corrected chi connectivity index (χ0v) is 14.5. The molecule has 4 N–H and O–H groups in total. The number of phenols is 4. The SMILES string of the molecule is CC(C)=CCc1c([C@@H]2CC(=O)c3c(O)cc(O)cc3O2)ccc(O)c1O. The summed E-state index contributed by atoms with van der Waals surface area (Å²) in [6.45, 7) is 3.84. The number of carbonyl (C=O) groups excluding carboxylic acids is 1. The number of aromatic hydroxyl groups is 4. The predicted octanol–water partition coefficient (Wildman–Crippen LogP) is 3.72. The molecule has 2 aromatic carbocycles. The van der Waals surface area contributed by atoms with Crippen molar-refractivity contribution in [3.63, 3.8) is 0 Å². The van der Waals surface area contributed by atoms with Crippen LogP contribution >= 0.6 is 0 Å². The highest BCUT2D eigenvalue weighted by atomic mass is 16.5. The van der Waals surface area contributed by atoms with Crippen molar-refractivity contribution in [3.05, 3.63) is 52.6 Å². The van der Waals surface area contributed by atoms with Crippen molar-refractivity contribution in [1.29, 1.82) is 0 Å². The van der Waals surface area contributed by atoms with Gasteiger partial charge in [0.2, 0.25) is 0 Å². The molecule has 2 aromatic rings. The molecule has 0 radical (unpaired) electrons. The first-order valence-electron chi connectivity index (χ1n) is 8.20. The molecule has 1 aliphatic rings. The number of Topliss-reactive ketones (excluding diaryl/α,β-unsaturated/α-hetero) is 1. The van der Waals surface area contributed by atoms with Gasteiger partial charge in [0.15, 0.2) is 17.3 Å². The lowest BCUT2D eigenvalue weighted by Gasteiger charge is -2.28. The first-order chi connectivity index (χ1) is 12.3. The van der Waals surface area contributed by atoms with E-state index in [1.165, 1.54) is 12.1 Å². The molecule has 0 amide bonds. The van der Waals surface area contributed by atoms with Crippen LogP contribution in [0.15, 0.2) is 35.9 Å². The van der Waals surface area contributed by atoms with Gasteiger partial charge in [0.1, 0.15) is 28.9 Å². The molecule has 0 saturated heterocycles. The van der Waals surface area contributed by atoms with Gasteiger partial charge in [0.05, 0.1) is 6.42 Å². The maximum absolute atomic E-state index is 12.5. The van der Waals surface area contributed by atoms with Crippen molar-refractivity contribution >= 4 is 5.78 Å². The molecular weight excluding hydrogens is 336 g/mol. The lowest BCUT2D eigenvalue weighted by atomic mass is 9.91. The fourth-order valence-corrected chi connectivity index (χ4v) is 3.06. The summed E-state index contributed by atoms with van der Waals surface area (Å²) >= 11 is 0. The van der Waals surface area contributed by atoms with E-state index in [4.69, 9.17) is 4.74 Å². The summed E-state index contributed by atoms with van der Waals surface area (Å²) in [5.41, 5.74) is 2.11. The predicted molar refractivity (Wildman–Crippen MR) is 95.0 cm³/mol. The average Bonchev–Trinajstić information content (AvgIpc) is 2.54. The van der Waals surface area contributed by atoms with E-state index in [0.717, 1.165) is 11.6 Å². The molecule has 3 rings (SSSR count). The number of rotatable bonds is 3. The van der Waals surface area contributed by atoms with Crippen LogP contribution in [0.1, 0.15) is 47.9 Å². The Morgan fingerprint density at radius 2 is 1.88 bits per heavy atom.